The van der Waals surface area contributed by atoms with Crippen LogP contribution in [0.15, 0.2) is 71.8 Å². The zero-order chi connectivity index (χ0) is 25.6. The van der Waals surface area contributed by atoms with E-state index in [1.54, 1.807) is 83.4 Å². The first-order valence-electron chi connectivity index (χ1n) is 11.8. The standard InChI is InChI=1S/C31H18O4S2/c1-31(2)23-13-15(11-21-25(32)17-7-3-4-8-18(17)26(21)33)36-29(23)30-24(31)14-16(37-30)12-22-27(34)19-9-5-6-10-20(19)28(22)35/h3-14H,1-2H3. The van der Waals surface area contributed by atoms with Crippen LogP contribution in [0.5, 0.6) is 0 Å². The molecule has 7 rings (SSSR count). The van der Waals surface area contributed by atoms with Crippen LogP contribution in [0.3, 0.4) is 0 Å². The summed E-state index contributed by atoms with van der Waals surface area (Å²) in [6.45, 7) is 4.29. The Balaban J connectivity index is 1.27. The number of ketones is 4. The quantitative estimate of drug-likeness (QED) is 0.211. The highest BCUT2D eigenvalue weighted by atomic mass is 32.1. The van der Waals surface area contributed by atoms with Gasteiger partial charge in [0.25, 0.3) is 0 Å². The number of benzene rings is 2. The Morgan fingerprint density at radius 3 is 1.22 bits per heavy atom. The van der Waals surface area contributed by atoms with E-state index in [9.17, 15) is 19.2 Å². The van der Waals surface area contributed by atoms with Crippen LogP contribution in [0.4, 0.5) is 0 Å². The Morgan fingerprint density at radius 1 is 0.568 bits per heavy atom. The van der Waals surface area contributed by atoms with Gasteiger partial charge in [0, 0.05) is 47.2 Å². The zero-order valence-electron chi connectivity index (χ0n) is 19.9. The van der Waals surface area contributed by atoms with Gasteiger partial charge in [0.05, 0.1) is 11.1 Å². The van der Waals surface area contributed by atoms with Gasteiger partial charge in [0.2, 0.25) is 0 Å². The Bertz CT molecular complexity index is 1620. The molecule has 2 aromatic carbocycles. The second kappa shape index (κ2) is 7.51. The molecule has 0 amide bonds. The predicted octanol–water partition coefficient (Wildman–Crippen LogP) is 7.04. The molecule has 0 saturated heterocycles. The van der Waals surface area contributed by atoms with E-state index in [1.807, 2.05) is 0 Å². The van der Waals surface area contributed by atoms with E-state index >= 15 is 0 Å². The second-order valence-corrected chi connectivity index (χ2v) is 12.1. The Labute approximate surface area is 220 Å². The topological polar surface area (TPSA) is 68.3 Å². The first-order chi connectivity index (χ1) is 17.8. The van der Waals surface area contributed by atoms with Crippen molar-refractivity contribution in [1.29, 1.82) is 0 Å². The third kappa shape index (κ3) is 3.00. The van der Waals surface area contributed by atoms with Crippen molar-refractivity contribution in [3.05, 3.63) is 115 Å². The highest BCUT2D eigenvalue weighted by molar-refractivity contribution is 7.23. The summed E-state index contributed by atoms with van der Waals surface area (Å²) < 4.78 is 0. The van der Waals surface area contributed by atoms with Crippen molar-refractivity contribution < 1.29 is 19.2 Å². The molecule has 4 nitrogen and oxygen atoms in total. The number of hydrogen-bond donors (Lipinski definition) is 0. The maximum absolute atomic E-state index is 12.9. The molecule has 37 heavy (non-hydrogen) atoms. The third-order valence-electron chi connectivity index (χ3n) is 7.44. The Hall–Kier alpha value is -4.00. The molecule has 0 radical (unpaired) electrons. The number of thiophene rings is 2. The molecule has 2 heterocycles. The SMILES string of the molecule is CC1(C)c2cc(C=C3C(=O)c4ccccc4C3=O)sc2-c2sc(C=C3C(=O)c4ccccc4C3=O)cc21. The maximum atomic E-state index is 12.9. The fraction of sp³-hybridized carbons (Fsp3) is 0.0968. The van der Waals surface area contributed by atoms with Crippen molar-refractivity contribution in [3.8, 4) is 9.75 Å². The smallest absolute Gasteiger partial charge is 0.197 e. The van der Waals surface area contributed by atoms with Crippen LogP contribution in [-0.4, -0.2) is 23.1 Å². The predicted molar refractivity (Wildman–Crippen MR) is 146 cm³/mol. The number of Topliss-reactive ketones (excluding diaryl/α,β-unsaturated/α-hetero) is 4. The monoisotopic (exact) mass is 518 g/mol. The van der Waals surface area contributed by atoms with Crippen LogP contribution < -0.4 is 0 Å². The molecule has 0 fully saturated rings. The molecule has 178 valence electrons. The van der Waals surface area contributed by atoms with E-state index in [-0.39, 0.29) is 39.7 Å². The number of carbonyl (C=O) groups is 4. The van der Waals surface area contributed by atoms with E-state index in [4.69, 9.17) is 0 Å². The average Bonchev–Trinajstić information content (AvgIpc) is 3.66. The molecule has 0 bridgehead atoms. The second-order valence-electron chi connectivity index (χ2n) is 9.93. The summed E-state index contributed by atoms with van der Waals surface area (Å²) in [7, 11) is 0. The Kier molecular flexibility index (Phi) is 4.51. The maximum Gasteiger partial charge on any atom is 0.197 e. The molecule has 0 spiro atoms. The van der Waals surface area contributed by atoms with Gasteiger partial charge in [-0.2, -0.15) is 0 Å². The molecule has 6 heteroatoms. The minimum atomic E-state index is -0.287. The molecule has 0 unspecified atom stereocenters. The van der Waals surface area contributed by atoms with E-state index in [0.717, 1.165) is 30.6 Å². The van der Waals surface area contributed by atoms with Crippen LogP contribution in [0.25, 0.3) is 21.9 Å². The number of hydrogen-bond acceptors (Lipinski definition) is 6. The molecule has 0 N–H and O–H groups in total. The van der Waals surface area contributed by atoms with Crippen molar-refractivity contribution >= 4 is 58.0 Å². The minimum Gasteiger partial charge on any atom is -0.288 e. The molecule has 3 aliphatic rings. The summed E-state index contributed by atoms with van der Waals surface area (Å²) in [6, 6.07) is 18.0. The first kappa shape index (κ1) is 22.2. The van der Waals surface area contributed by atoms with Crippen LogP contribution in [-0.2, 0) is 5.41 Å². The van der Waals surface area contributed by atoms with E-state index in [1.165, 1.54) is 0 Å². The van der Waals surface area contributed by atoms with Crippen molar-refractivity contribution in [1.82, 2.24) is 0 Å². The van der Waals surface area contributed by atoms with Crippen LogP contribution in [0, 0.1) is 0 Å². The summed E-state index contributed by atoms with van der Waals surface area (Å²) in [6.07, 6.45) is 3.43. The lowest BCUT2D eigenvalue weighted by Crippen LogP contribution is -2.13. The van der Waals surface area contributed by atoms with Crippen LogP contribution in [0.1, 0.15) is 76.2 Å². The molecule has 4 aromatic rings. The number of allylic oxidation sites excluding steroid dienone is 2. The molecule has 2 aromatic heterocycles. The molecule has 0 aliphatic heterocycles. The van der Waals surface area contributed by atoms with Gasteiger partial charge in [-0.15, -0.1) is 22.7 Å². The van der Waals surface area contributed by atoms with Gasteiger partial charge in [-0.1, -0.05) is 62.4 Å². The lowest BCUT2D eigenvalue weighted by atomic mass is 9.83. The Morgan fingerprint density at radius 2 is 0.892 bits per heavy atom. The highest BCUT2D eigenvalue weighted by Crippen LogP contribution is 2.56. The van der Waals surface area contributed by atoms with Crippen LogP contribution >= 0.6 is 22.7 Å². The molecule has 3 aliphatic carbocycles. The van der Waals surface area contributed by atoms with Gasteiger partial charge in [-0.25, -0.2) is 0 Å². The average molecular weight is 519 g/mol. The largest absolute Gasteiger partial charge is 0.288 e. The first-order valence-corrected chi connectivity index (χ1v) is 13.5. The fourth-order valence-corrected chi connectivity index (χ4v) is 8.15. The van der Waals surface area contributed by atoms with Crippen molar-refractivity contribution in [2.75, 3.05) is 0 Å². The minimum absolute atomic E-state index is 0.202. The normalized spacial score (nSPS) is 16.7. The van der Waals surface area contributed by atoms with E-state index < -0.39 is 0 Å². The lowest BCUT2D eigenvalue weighted by Gasteiger charge is -2.18. The van der Waals surface area contributed by atoms with Crippen molar-refractivity contribution in [3.63, 3.8) is 0 Å². The van der Waals surface area contributed by atoms with E-state index in [2.05, 4.69) is 26.0 Å². The van der Waals surface area contributed by atoms with Crippen LogP contribution in [0.2, 0.25) is 0 Å². The van der Waals surface area contributed by atoms with Gasteiger partial charge in [0.1, 0.15) is 0 Å². The van der Waals surface area contributed by atoms with Crippen molar-refractivity contribution in [2.45, 2.75) is 19.3 Å². The lowest BCUT2D eigenvalue weighted by molar-refractivity contribution is 0.0975. The van der Waals surface area contributed by atoms with E-state index in [0.29, 0.717) is 22.3 Å². The number of carbonyl (C=O) groups excluding carboxylic acids is 4. The van der Waals surface area contributed by atoms with Gasteiger partial charge >= 0.3 is 0 Å². The summed E-state index contributed by atoms with van der Waals surface area (Å²) in [5.41, 5.74) is 4.26. The van der Waals surface area contributed by atoms with Gasteiger partial charge < -0.3 is 0 Å². The number of fused-ring (bicyclic) bond motifs is 5. The van der Waals surface area contributed by atoms with Gasteiger partial charge in [0.15, 0.2) is 23.1 Å². The molecular formula is C31H18O4S2. The summed E-state index contributed by atoms with van der Waals surface area (Å²) >= 11 is 3.12. The third-order valence-corrected chi connectivity index (χ3v) is 9.77. The fourth-order valence-electron chi connectivity index (χ4n) is 5.46. The summed E-state index contributed by atoms with van der Waals surface area (Å²) in [4.78, 5) is 55.4. The summed E-state index contributed by atoms with van der Waals surface area (Å²) in [5.74, 6) is -0.922. The molecule has 0 saturated carbocycles. The zero-order valence-corrected chi connectivity index (χ0v) is 21.5. The summed E-state index contributed by atoms with van der Waals surface area (Å²) in [5, 5.41) is 0. The number of rotatable bonds is 2. The molecular weight excluding hydrogens is 500 g/mol. The molecule has 0 atom stereocenters. The van der Waals surface area contributed by atoms with Gasteiger partial charge in [-0.05, 0) is 35.4 Å². The van der Waals surface area contributed by atoms with Gasteiger partial charge in [-0.3, -0.25) is 19.2 Å². The van der Waals surface area contributed by atoms with Crippen molar-refractivity contribution in [2.24, 2.45) is 0 Å². The highest BCUT2D eigenvalue weighted by Gasteiger charge is 2.40.